The van der Waals surface area contributed by atoms with E-state index in [1.54, 1.807) is 18.2 Å². The standard InChI is InChI=1S/C14H15Cl2NO3/c15-9-4-3-5-10(16)13(9)14(19)17-11-6-1-2-7-12(11)20-8-18/h3-5,8,11-12H,1-2,6-7H2,(H,17,19). The van der Waals surface area contributed by atoms with E-state index in [1.165, 1.54) is 0 Å². The number of carbonyl (C=O) groups excluding carboxylic acids is 2. The van der Waals surface area contributed by atoms with Crippen LogP contribution in [-0.2, 0) is 9.53 Å². The summed E-state index contributed by atoms with van der Waals surface area (Å²) in [6, 6.07) is 4.71. The fourth-order valence-corrected chi connectivity index (χ4v) is 3.02. The van der Waals surface area contributed by atoms with Crippen LogP contribution in [0.3, 0.4) is 0 Å². The minimum atomic E-state index is -0.341. The van der Waals surface area contributed by atoms with Crippen LogP contribution in [0.2, 0.25) is 10.0 Å². The largest absolute Gasteiger partial charge is 0.462 e. The van der Waals surface area contributed by atoms with Crippen molar-refractivity contribution in [3.63, 3.8) is 0 Å². The predicted molar refractivity (Wildman–Crippen MR) is 77.1 cm³/mol. The molecule has 1 aliphatic carbocycles. The van der Waals surface area contributed by atoms with Crippen LogP contribution in [0.25, 0.3) is 0 Å². The van der Waals surface area contributed by atoms with Gasteiger partial charge in [-0.15, -0.1) is 0 Å². The van der Waals surface area contributed by atoms with Gasteiger partial charge in [-0.25, -0.2) is 0 Å². The van der Waals surface area contributed by atoms with Gasteiger partial charge in [0, 0.05) is 0 Å². The molecule has 6 heteroatoms. The van der Waals surface area contributed by atoms with Gasteiger partial charge in [-0.05, 0) is 31.4 Å². The Morgan fingerprint density at radius 2 is 1.90 bits per heavy atom. The summed E-state index contributed by atoms with van der Waals surface area (Å²) in [7, 11) is 0. The number of hydrogen-bond donors (Lipinski definition) is 1. The first-order valence-corrected chi connectivity index (χ1v) is 7.23. The van der Waals surface area contributed by atoms with Crippen LogP contribution in [0.1, 0.15) is 36.0 Å². The maximum absolute atomic E-state index is 12.3. The van der Waals surface area contributed by atoms with E-state index in [0.717, 1.165) is 25.7 Å². The van der Waals surface area contributed by atoms with Crippen LogP contribution < -0.4 is 5.32 Å². The highest BCUT2D eigenvalue weighted by Gasteiger charge is 2.29. The summed E-state index contributed by atoms with van der Waals surface area (Å²) in [6.07, 6.45) is 3.20. The van der Waals surface area contributed by atoms with Crippen LogP contribution >= 0.6 is 23.2 Å². The predicted octanol–water partition coefficient (Wildman–Crippen LogP) is 3.21. The highest BCUT2D eigenvalue weighted by molar-refractivity contribution is 6.39. The van der Waals surface area contributed by atoms with Crippen molar-refractivity contribution in [2.75, 3.05) is 0 Å². The molecule has 2 rings (SSSR count). The van der Waals surface area contributed by atoms with Crippen molar-refractivity contribution in [1.29, 1.82) is 0 Å². The van der Waals surface area contributed by atoms with E-state index >= 15 is 0 Å². The minimum Gasteiger partial charge on any atom is -0.462 e. The van der Waals surface area contributed by atoms with Gasteiger partial charge < -0.3 is 10.1 Å². The van der Waals surface area contributed by atoms with Crippen LogP contribution in [0.5, 0.6) is 0 Å². The van der Waals surface area contributed by atoms with Gasteiger partial charge in [0.15, 0.2) is 0 Å². The summed E-state index contributed by atoms with van der Waals surface area (Å²) in [4.78, 5) is 22.8. The van der Waals surface area contributed by atoms with Gasteiger partial charge in [0.2, 0.25) is 0 Å². The molecule has 0 heterocycles. The summed E-state index contributed by atoms with van der Waals surface area (Å²) in [6.45, 7) is 0.428. The highest BCUT2D eigenvalue weighted by Crippen LogP contribution is 2.26. The molecule has 4 nitrogen and oxygen atoms in total. The molecule has 0 spiro atoms. The normalized spacial score (nSPS) is 22.1. The number of halogens is 2. The van der Waals surface area contributed by atoms with E-state index in [1.807, 2.05) is 0 Å². The summed E-state index contributed by atoms with van der Waals surface area (Å²) in [5.74, 6) is -0.341. The molecule has 1 aromatic rings. The molecule has 1 saturated carbocycles. The van der Waals surface area contributed by atoms with E-state index in [4.69, 9.17) is 27.9 Å². The Labute approximate surface area is 127 Å². The number of ether oxygens (including phenoxy) is 1. The Balaban J connectivity index is 2.11. The molecule has 1 aromatic carbocycles. The van der Waals surface area contributed by atoms with Crippen molar-refractivity contribution < 1.29 is 14.3 Å². The van der Waals surface area contributed by atoms with Gasteiger partial charge in [0.25, 0.3) is 12.4 Å². The Morgan fingerprint density at radius 3 is 2.55 bits per heavy atom. The molecule has 0 saturated heterocycles. The average molecular weight is 316 g/mol. The second-order valence-electron chi connectivity index (χ2n) is 4.73. The molecule has 1 amide bonds. The Kier molecular flexibility index (Phi) is 5.26. The van der Waals surface area contributed by atoms with Crippen molar-refractivity contribution in [2.24, 2.45) is 0 Å². The van der Waals surface area contributed by atoms with Gasteiger partial charge in [0.1, 0.15) is 6.10 Å². The van der Waals surface area contributed by atoms with Gasteiger partial charge in [0.05, 0.1) is 21.7 Å². The first kappa shape index (κ1) is 15.1. The second-order valence-corrected chi connectivity index (χ2v) is 5.55. The highest BCUT2D eigenvalue weighted by atomic mass is 35.5. The van der Waals surface area contributed by atoms with Crippen molar-refractivity contribution >= 4 is 35.6 Å². The molecular weight excluding hydrogens is 301 g/mol. The zero-order chi connectivity index (χ0) is 14.5. The number of carbonyl (C=O) groups is 2. The van der Waals surface area contributed by atoms with E-state index < -0.39 is 0 Å². The fraction of sp³-hybridized carbons (Fsp3) is 0.429. The van der Waals surface area contributed by atoms with Gasteiger partial charge >= 0.3 is 0 Å². The SMILES string of the molecule is O=COC1CCCCC1NC(=O)c1c(Cl)cccc1Cl. The average Bonchev–Trinajstić information content (AvgIpc) is 2.41. The van der Waals surface area contributed by atoms with Crippen molar-refractivity contribution in [2.45, 2.75) is 37.8 Å². The Morgan fingerprint density at radius 1 is 1.25 bits per heavy atom. The molecule has 1 fully saturated rings. The van der Waals surface area contributed by atoms with Crippen LogP contribution in [0.15, 0.2) is 18.2 Å². The summed E-state index contributed by atoms with van der Waals surface area (Å²) in [5, 5.41) is 3.47. The number of amides is 1. The zero-order valence-corrected chi connectivity index (χ0v) is 12.3. The van der Waals surface area contributed by atoms with Gasteiger partial charge in [-0.1, -0.05) is 35.7 Å². The van der Waals surface area contributed by atoms with Gasteiger partial charge in [-0.2, -0.15) is 0 Å². The lowest BCUT2D eigenvalue weighted by molar-refractivity contribution is -0.136. The van der Waals surface area contributed by atoms with E-state index in [-0.39, 0.29) is 23.6 Å². The monoisotopic (exact) mass is 315 g/mol. The molecule has 2 atom stereocenters. The lowest BCUT2D eigenvalue weighted by Crippen LogP contribution is -2.46. The number of benzene rings is 1. The summed E-state index contributed by atoms with van der Waals surface area (Å²) >= 11 is 12.0. The molecule has 20 heavy (non-hydrogen) atoms. The molecule has 0 aromatic heterocycles. The van der Waals surface area contributed by atoms with Gasteiger partial charge in [-0.3, -0.25) is 9.59 Å². The molecule has 1 N–H and O–H groups in total. The number of nitrogens with one attached hydrogen (secondary N) is 1. The number of rotatable bonds is 4. The molecule has 0 radical (unpaired) electrons. The van der Waals surface area contributed by atoms with E-state index in [9.17, 15) is 9.59 Å². The molecular formula is C14H15Cl2NO3. The Bertz CT molecular complexity index is 487. The lowest BCUT2D eigenvalue weighted by Gasteiger charge is -2.30. The first-order valence-electron chi connectivity index (χ1n) is 6.47. The third kappa shape index (κ3) is 3.44. The van der Waals surface area contributed by atoms with E-state index in [2.05, 4.69) is 5.32 Å². The molecule has 2 unspecified atom stereocenters. The van der Waals surface area contributed by atoms with Crippen molar-refractivity contribution in [3.8, 4) is 0 Å². The van der Waals surface area contributed by atoms with Crippen LogP contribution in [0, 0.1) is 0 Å². The topological polar surface area (TPSA) is 55.4 Å². The summed E-state index contributed by atoms with van der Waals surface area (Å²) in [5.41, 5.74) is 0.256. The smallest absolute Gasteiger partial charge is 0.293 e. The lowest BCUT2D eigenvalue weighted by atomic mass is 9.92. The molecule has 108 valence electrons. The molecule has 0 aliphatic heterocycles. The minimum absolute atomic E-state index is 0.200. The van der Waals surface area contributed by atoms with Crippen LogP contribution in [-0.4, -0.2) is 24.5 Å². The Hall–Kier alpha value is -1.26. The fourth-order valence-electron chi connectivity index (χ4n) is 2.45. The quantitative estimate of drug-likeness (QED) is 0.868. The van der Waals surface area contributed by atoms with Crippen molar-refractivity contribution in [3.05, 3.63) is 33.8 Å². The first-order chi connectivity index (χ1) is 9.63. The summed E-state index contributed by atoms with van der Waals surface area (Å²) < 4.78 is 5.03. The third-order valence-electron chi connectivity index (χ3n) is 3.44. The van der Waals surface area contributed by atoms with E-state index in [0.29, 0.717) is 16.5 Å². The van der Waals surface area contributed by atoms with Crippen molar-refractivity contribution in [1.82, 2.24) is 5.32 Å². The maximum Gasteiger partial charge on any atom is 0.293 e. The maximum atomic E-state index is 12.3. The van der Waals surface area contributed by atoms with Crippen LogP contribution in [0.4, 0.5) is 0 Å². The molecule has 0 bridgehead atoms. The molecule has 1 aliphatic rings. The zero-order valence-electron chi connectivity index (χ0n) is 10.8. The third-order valence-corrected chi connectivity index (χ3v) is 4.07. The second kappa shape index (κ2) is 6.95. The number of hydrogen-bond acceptors (Lipinski definition) is 3.